The van der Waals surface area contributed by atoms with Crippen molar-refractivity contribution < 1.29 is 4.52 Å². The molecule has 1 aliphatic carbocycles. The summed E-state index contributed by atoms with van der Waals surface area (Å²) in [4.78, 5) is 5.66. The van der Waals surface area contributed by atoms with Crippen LogP contribution >= 0.6 is 11.8 Å². The summed E-state index contributed by atoms with van der Waals surface area (Å²) < 4.78 is 5.23. The van der Waals surface area contributed by atoms with Crippen molar-refractivity contribution in [1.29, 1.82) is 0 Å². The van der Waals surface area contributed by atoms with E-state index in [0.717, 1.165) is 24.2 Å². The molecule has 0 radical (unpaired) electrons. The highest BCUT2D eigenvalue weighted by atomic mass is 32.2. The summed E-state index contributed by atoms with van der Waals surface area (Å²) >= 11 is 1.75. The van der Waals surface area contributed by atoms with Gasteiger partial charge in [-0.05, 0) is 30.5 Å². The third kappa shape index (κ3) is 4.32. The molecule has 1 aromatic carbocycles. The van der Waals surface area contributed by atoms with E-state index < -0.39 is 0 Å². The third-order valence-electron chi connectivity index (χ3n) is 3.42. The van der Waals surface area contributed by atoms with E-state index in [1.807, 2.05) is 0 Å². The van der Waals surface area contributed by atoms with Crippen molar-refractivity contribution in [2.75, 3.05) is 0 Å². The van der Waals surface area contributed by atoms with Crippen LogP contribution in [0.5, 0.6) is 0 Å². The van der Waals surface area contributed by atoms with Gasteiger partial charge in [0.2, 0.25) is 5.89 Å². The van der Waals surface area contributed by atoms with Crippen molar-refractivity contribution in [3.05, 3.63) is 41.5 Å². The molecule has 21 heavy (non-hydrogen) atoms. The lowest BCUT2D eigenvalue weighted by Gasteiger charge is -2.05. The molecule has 1 N–H and O–H groups in total. The summed E-state index contributed by atoms with van der Waals surface area (Å²) in [5, 5.41) is 7.56. The van der Waals surface area contributed by atoms with Gasteiger partial charge >= 0.3 is 0 Å². The lowest BCUT2D eigenvalue weighted by atomic mass is 10.2. The van der Waals surface area contributed by atoms with Crippen LogP contribution in [0.3, 0.4) is 0 Å². The molecule has 4 nitrogen and oxygen atoms in total. The van der Waals surface area contributed by atoms with Gasteiger partial charge < -0.3 is 9.84 Å². The molecule has 112 valence electrons. The number of hydrogen-bond acceptors (Lipinski definition) is 5. The Balaban J connectivity index is 1.54. The second kappa shape index (κ2) is 6.62. The van der Waals surface area contributed by atoms with Crippen LogP contribution in [0.15, 0.2) is 33.7 Å². The highest BCUT2D eigenvalue weighted by molar-refractivity contribution is 7.98. The van der Waals surface area contributed by atoms with E-state index in [9.17, 15) is 0 Å². The van der Waals surface area contributed by atoms with Crippen LogP contribution in [0.1, 0.15) is 49.9 Å². The number of thioether (sulfide) groups is 1. The molecule has 0 saturated heterocycles. The number of rotatable bonds is 7. The Labute approximate surface area is 129 Å². The van der Waals surface area contributed by atoms with Crippen molar-refractivity contribution >= 4 is 11.8 Å². The molecule has 0 aliphatic heterocycles. The number of nitrogens with zero attached hydrogens (tertiary/aromatic N) is 2. The van der Waals surface area contributed by atoms with Gasteiger partial charge in [0.1, 0.15) is 0 Å². The molecule has 0 unspecified atom stereocenters. The average Bonchev–Trinajstić information content (AvgIpc) is 3.19. The first-order chi connectivity index (χ1) is 10.2. The standard InChI is InChI=1S/C16H21N3OS/c1-11(2)16-18-15(19-20-16)10-21-14-5-3-4-12(8-14)9-17-13-6-7-13/h3-5,8,11,13,17H,6-7,9-10H2,1-2H3. The second-order valence-corrected chi connectivity index (χ2v) is 6.84. The summed E-state index contributed by atoms with van der Waals surface area (Å²) in [5.41, 5.74) is 1.34. The monoisotopic (exact) mass is 303 g/mol. The molecule has 0 atom stereocenters. The topological polar surface area (TPSA) is 51.0 Å². The first-order valence-corrected chi connectivity index (χ1v) is 8.47. The summed E-state index contributed by atoms with van der Waals surface area (Å²) in [6, 6.07) is 9.40. The summed E-state index contributed by atoms with van der Waals surface area (Å²) in [6.07, 6.45) is 2.65. The van der Waals surface area contributed by atoms with Crippen molar-refractivity contribution in [3.8, 4) is 0 Å². The molecule has 1 aromatic heterocycles. The Morgan fingerprint density at radius 2 is 2.24 bits per heavy atom. The molecule has 0 spiro atoms. The second-order valence-electron chi connectivity index (χ2n) is 5.79. The van der Waals surface area contributed by atoms with E-state index in [1.54, 1.807) is 11.8 Å². The molecule has 1 aliphatic rings. The van der Waals surface area contributed by atoms with Crippen molar-refractivity contribution in [1.82, 2.24) is 15.5 Å². The largest absolute Gasteiger partial charge is 0.339 e. The van der Waals surface area contributed by atoms with Gasteiger partial charge in [-0.15, -0.1) is 11.8 Å². The number of benzene rings is 1. The van der Waals surface area contributed by atoms with Gasteiger partial charge in [-0.3, -0.25) is 0 Å². The van der Waals surface area contributed by atoms with Crippen LogP contribution in [0, 0.1) is 0 Å². The Hall–Kier alpha value is -1.33. The van der Waals surface area contributed by atoms with Crippen molar-refractivity contribution in [2.45, 2.75) is 55.8 Å². The molecule has 0 amide bonds. The fraction of sp³-hybridized carbons (Fsp3) is 0.500. The maximum absolute atomic E-state index is 5.23. The Kier molecular flexibility index (Phi) is 4.60. The van der Waals surface area contributed by atoms with Crippen molar-refractivity contribution in [3.63, 3.8) is 0 Å². The third-order valence-corrected chi connectivity index (χ3v) is 4.41. The van der Waals surface area contributed by atoms with E-state index in [-0.39, 0.29) is 5.92 Å². The number of aromatic nitrogens is 2. The molecular weight excluding hydrogens is 282 g/mol. The molecule has 2 aromatic rings. The van der Waals surface area contributed by atoms with Gasteiger partial charge in [-0.1, -0.05) is 31.1 Å². The first-order valence-electron chi connectivity index (χ1n) is 7.48. The molecule has 0 bridgehead atoms. The minimum atomic E-state index is 0.285. The van der Waals surface area contributed by atoms with E-state index in [2.05, 4.69) is 53.6 Å². The Morgan fingerprint density at radius 3 is 2.95 bits per heavy atom. The molecule has 5 heteroatoms. The predicted molar refractivity (Wildman–Crippen MR) is 84.3 cm³/mol. The van der Waals surface area contributed by atoms with Crippen LogP contribution in [-0.2, 0) is 12.3 Å². The molecule has 1 saturated carbocycles. The zero-order valence-electron chi connectivity index (χ0n) is 12.5. The van der Waals surface area contributed by atoms with E-state index in [0.29, 0.717) is 5.89 Å². The fourth-order valence-corrected chi connectivity index (χ4v) is 2.83. The van der Waals surface area contributed by atoms with E-state index in [1.165, 1.54) is 23.3 Å². The number of nitrogens with one attached hydrogen (secondary N) is 1. The smallest absolute Gasteiger partial charge is 0.229 e. The quantitative estimate of drug-likeness (QED) is 0.790. The maximum atomic E-state index is 5.23. The lowest BCUT2D eigenvalue weighted by Crippen LogP contribution is -2.15. The fourth-order valence-electron chi connectivity index (χ4n) is 2.00. The zero-order valence-corrected chi connectivity index (χ0v) is 13.3. The molecule has 3 rings (SSSR count). The predicted octanol–water partition coefficient (Wildman–Crippen LogP) is 3.74. The first kappa shape index (κ1) is 14.6. The minimum absolute atomic E-state index is 0.285. The lowest BCUT2D eigenvalue weighted by molar-refractivity contribution is 0.362. The minimum Gasteiger partial charge on any atom is -0.339 e. The SMILES string of the molecule is CC(C)c1nc(CSc2cccc(CNC3CC3)c2)no1. The van der Waals surface area contributed by atoms with E-state index >= 15 is 0 Å². The van der Waals surface area contributed by atoms with E-state index in [4.69, 9.17) is 4.52 Å². The summed E-state index contributed by atoms with van der Waals surface area (Å²) in [5.74, 6) is 2.52. The van der Waals surface area contributed by atoms with Crippen LogP contribution in [0.2, 0.25) is 0 Å². The van der Waals surface area contributed by atoms with Gasteiger partial charge in [0.15, 0.2) is 5.82 Å². The van der Waals surface area contributed by atoms with Crippen LogP contribution < -0.4 is 5.32 Å². The van der Waals surface area contributed by atoms with Gasteiger partial charge in [0.25, 0.3) is 0 Å². The van der Waals surface area contributed by atoms with Crippen LogP contribution in [0.4, 0.5) is 0 Å². The Bertz CT molecular complexity index is 593. The molecular formula is C16H21N3OS. The highest BCUT2D eigenvalue weighted by Crippen LogP contribution is 2.24. The highest BCUT2D eigenvalue weighted by Gasteiger charge is 2.19. The van der Waals surface area contributed by atoms with Crippen molar-refractivity contribution in [2.24, 2.45) is 0 Å². The van der Waals surface area contributed by atoms with Crippen LogP contribution in [-0.4, -0.2) is 16.2 Å². The molecule has 1 heterocycles. The number of hydrogen-bond donors (Lipinski definition) is 1. The normalized spacial score (nSPS) is 14.8. The van der Waals surface area contributed by atoms with Crippen LogP contribution in [0.25, 0.3) is 0 Å². The van der Waals surface area contributed by atoms with Gasteiger partial charge in [-0.25, -0.2) is 0 Å². The summed E-state index contributed by atoms with van der Waals surface area (Å²) in [7, 11) is 0. The summed E-state index contributed by atoms with van der Waals surface area (Å²) in [6.45, 7) is 5.07. The van der Waals surface area contributed by atoms with Gasteiger partial charge in [0, 0.05) is 23.4 Å². The average molecular weight is 303 g/mol. The zero-order chi connectivity index (χ0) is 14.7. The maximum Gasteiger partial charge on any atom is 0.229 e. The Morgan fingerprint density at radius 1 is 1.38 bits per heavy atom. The van der Waals surface area contributed by atoms with Gasteiger partial charge in [-0.2, -0.15) is 4.98 Å². The van der Waals surface area contributed by atoms with Gasteiger partial charge in [0.05, 0.1) is 5.75 Å². The molecule has 1 fully saturated rings.